The van der Waals surface area contributed by atoms with Crippen LogP contribution in [0.4, 0.5) is 0 Å². The molecule has 1 rings (SSSR count). The number of hydrogen-bond acceptors (Lipinski definition) is 3. The molecule has 0 aliphatic heterocycles. The third-order valence-electron chi connectivity index (χ3n) is 2.97. The van der Waals surface area contributed by atoms with Crippen molar-refractivity contribution in [2.24, 2.45) is 5.73 Å². The van der Waals surface area contributed by atoms with Crippen LogP contribution in [0.2, 0.25) is 0 Å². The van der Waals surface area contributed by atoms with Crippen molar-refractivity contribution in [3.63, 3.8) is 0 Å². The number of rotatable bonds is 5. The van der Waals surface area contributed by atoms with Crippen molar-refractivity contribution in [1.82, 2.24) is 4.72 Å². The predicted molar refractivity (Wildman–Crippen MR) is 69.3 cm³/mol. The monoisotopic (exact) mass is 270 g/mol. The lowest BCUT2D eigenvalue weighted by Gasteiger charge is -2.33. The van der Waals surface area contributed by atoms with Gasteiger partial charge >= 0.3 is 0 Å². The summed E-state index contributed by atoms with van der Waals surface area (Å²) in [4.78, 5) is 0. The molecule has 16 heavy (non-hydrogen) atoms. The van der Waals surface area contributed by atoms with E-state index in [4.69, 9.17) is 5.73 Å². The maximum Gasteiger partial charge on any atom is 0.211 e. The van der Waals surface area contributed by atoms with Crippen LogP contribution in [0.1, 0.15) is 45.4 Å². The smallest absolute Gasteiger partial charge is 0.211 e. The van der Waals surface area contributed by atoms with E-state index in [0.29, 0.717) is 13.0 Å². The molecule has 0 heterocycles. The van der Waals surface area contributed by atoms with Gasteiger partial charge in [-0.25, -0.2) is 13.1 Å². The molecule has 0 saturated heterocycles. The zero-order chi connectivity index (χ0) is 11.4. The van der Waals surface area contributed by atoms with Gasteiger partial charge in [-0.2, -0.15) is 0 Å². The molecule has 4 nitrogen and oxygen atoms in total. The molecule has 0 unspecified atom stereocenters. The summed E-state index contributed by atoms with van der Waals surface area (Å²) in [6.45, 7) is 2.26. The summed E-state index contributed by atoms with van der Waals surface area (Å²) < 4.78 is 25.5. The Balaban J connectivity index is 0.00000225. The molecular weight excluding hydrogens is 248 g/mol. The molecule has 6 heteroatoms. The summed E-state index contributed by atoms with van der Waals surface area (Å²) in [6, 6.07) is 0. The first-order valence-electron chi connectivity index (χ1n) is 5.74. The molecule has 0 aromatic carbocycles. The molecule has 0 bridgehead atoms. The Kier molecular flexibility index (Phi) is 6.86. The molecule has 98 valence electrons. The summed E-state index contributed by atoms with van der Waals surface area (Å²) in [5, 5.41) is 0. The molecule has 0 aromatic heterocycles. The fourth-order valence-corrected chi connectivity index (χ4v) is 3.22. The van der Waals surface area contributed by atoms with E-state index in [0.717, 1.165) is 25.7 Å². The van der Waals surface area contributed by atoms with Crippen LogP contribution in [0.25, 0.3) is 0 Å². The van der Waals surface area contributed by atoms with Crippen molar-refractivity contribution in [1.29, 1.82) is 0 Å². The van der Waals surface area contributed by atoms with Gasteiger partial charge in [0.1, 0.15) is 0 Å². The number of nitrogens with one attached hydrogen (secondary N) is 1. The number of nitrogens with two attached hydrogens (primary N) is 1. The molecular formula is C10H23ClN2O2S. The lowest BCUT2D eigenvalue weighted by atomic mass is 9.83. The van der Waals surface area contributed by atoms with Crippen LogP contribution >= 0.6 is 12.4 Å². The number of halogens is 1. The summed E-state index contributed by atoms with van der Waals surface area (Å²) in [5.41, 5.74) is 5.83. The van der Waals surface area contributed by atoms with E-state index in [1.807, 2.05) is 6.92 Å². The molecule has 0 spiro atoms. The van der Waals surface area contributed by atoms with E-state index in [1.54, 1.807) is 0 Å². The van der Waals surface area contributed by atoms with Crippen LogP contribution in [0.5, 0.6) is 0 Å². The quantitative estimate of drug-likeness (QED) is 0.793. The lowest BCUT2D eigenvalue weighted by molar-refractivity contribution is 0.296. The topological polar surface area (TPSA) is 72.2 Å². The Morgan fingerprint density at radius 1 is 1.25 bits per heavy atom. The molecule has 1 aliphatic rings. The second kappa shape index (κ2) is 6.79. The highest BCUT2D eigenvalue weighted by molar-refractivity contribution is 7.89. The van der Waals surface area contributed by atoms with Crippen LogP contribution in [0.15, 0.2) is 0 Å². The van der Waals surface area contributed by atoms with Crippen LogP contribution in [-0.2, 0) is 10.0 Å². The summed E-state index contributed by atoms with van der Waals surface area (Å²) >= 11 is 0. The van der Waals surface area contributed by atoms with Gasteiger partial charge < -0.3 is 5.73 Å². The van der Waals surface area contributed by atoms with Crippen molar-refractivity contribution < 1.29 is 8.42 Å². The van der Waals surface area contributed by atoms with Gasteiger partial charge in [-0.15, -0.1) is 12.4 Å². The van der Waals surface area contributed by atoms with E-state index in [9.17, 15) is 8.42 Å². The zero-order valence-corrected chi connectivity index (χ0v) is 11.5. The molecule has 1 aliphatic carbocycles. The van der Waals surface area contributed by atoms with Crippen LogP contribution in [-0.4, -0.2) is 26.3 Å². The predicted octanol–water partition coefficient (Wildman–Crippen LogP) is 1.40. The van der Waals surface area contributed by atoms with Crippen molar-refractivity contribution in [3.05, 3.63) is 0 Å². The number of hydrogen-bond donors (Lipinski definition) is 2. The minimum absolute atomic E-state index is 0. The highest BCUT2D eigenvalue weighted by atomic mass is 35.5. The molecule has 0 aromatic rings. The molecule has 1 fully saturated rings. The average Bonchev–Trinajstić information content (AvgIpc) is 2.17. The summed E-state index contributed by atoms with van der Waals surface area (Å²) in [7, 11) is -3.10. The second-order valence-electron chi connectivity index (χ2n) is 4.56. The van der Waals surface area contributed by atoms with Crippen molar-refractivity contribution >= 4 is 22.4 Å². The first-order valence-corrected chi connectivity index (χ1v) is 7.39. The Morgan fingerprint density at radius 3 is 2.31 bits per heavy atom. The van der Waals surface area contributed by atoms with Crippen molar-refractivity contribution in [2.75, 3.05) is 12.3 Å². The Morgan fingerprint density at radius 2 is 1.81 bits per heavy atom. The van der Waals surface area contributed by atoms with Crippen LogP contribution in [0.3, 0.4) is 0 Å². The average molecular weight is 271 g/mol. The highest BCUT2D eigenvalue weighted by Crippen LogP contribution is 2.25. The molecule has 3 N–H and O–H groups in total. The number of sulfonamides is 1. The Labute approximate surface area is 105 Å². The van der Waals surface area contributed by atoms with E-state index in [1.165, 1.54) is 6.42 Å². The summed E-state index contributed by atoms with van der Waals surface area (Å²) in [6.07, 6.45) is 5.97. The van der Waals surface area contributed by atoms with Gasteiger partial charge in [-0.05, 0) is 19.3 Å². The van der Waals surface area contributed by atoms with Crippen molar-refractivity contribution in [3.8, 4) is 0 Å². The largest absolute Gasteiger partial charge is 0.324 e. The van der Waals surface area contributed by atoms with Gasteiger partial charge in [0.05, 0.1) is 5.75 Å². The maximum atomic E-state index is 11.4. The van der Waals surface area contributed by atoms with E-state index >= 15 is 0 Å². The van der Waals surface area contributed by atoms with Gasteiger partial charge in [-0.1, -0.05) is 26.2 Å². The molecule has 0 atom stereocenters. The minimum Gasteiger partial charge on any atom is -0.324 e. The fraction of sp³-hybridized carbons (Fsp3) is 1.00. The normalized spacial score (nSPS) is 20.1. The Bertz CT molecular complexity index is 287. The molecule has 0 amide bonds. The van der Waals surface area contributed by atoms with Gasteiger partial charge in [-0.3, -0.25) is 0 Å². The van der Waals surface area contributed by atoms with Crippen molar-refractivity contribution in [2.45, 2.75) is 51.0 Å². The second-order valence-corrected chi connectivity index (χ2v) is 6.49. The first kappa shape index (κ1) is 16.2. The Hall–Kier alpha value is 0.160. The third-order valence-corrected chi connectivity index (χ3v) is 4.50. The van der Waals surface area contributed by atoms with E-state index in [-0.39, 0.29) is 23.7 Å². The highest BCUT2D eigenvalue weighted by Gasteiger charge is 2.28. The lowest BCUT2D eigenvalue weighted by Crippen LogP contribution is -2.51. The standard InChI is InChI=1S/C10H22N2O2S.ClH/c1-2-8-15(13,14)12-9-10(11)6-4-3-5-7-10;/h12H,2-9,11H2,1H3;1H. The fourth-order valence-electron chi connectivity index (χ4n) is 2.03. The van der Waals surface area contributed by atoms with E-state index < -0.39 is 10.0 Å². The van der Waals surface area contributed by atoms with Gasteiger partial charge in [0.25, 0.3) is 0 Å². The van der Waals surface area contributed by atoms with E-state index in [2.05, 4.69) is 4.72 Å². The maximum absolute atomic E-state index is 11.4. The van der Waals surface area contributed by atoms with Gasteiger partial charge in [0.15, 0.2) is 0 Å². The molecule has 1 saturated carbocycles. The summed E-state index contributed by atoms with van der Waals surface area (Å²) in [5.74, 6) is 0.197. The zero-order valence-electron chi connectivity index (χ0n) is 9.87. The van der Waals surface area contributed by atoms with Crippen LogP contribution < -0.4 is 10.5 Å². The first-order chi connectivity index (χ1) is 6.97. The SMILES string of the molecule is CCCS(=O)(=O)NCC1(N)CCCCC1.Cl. The van der Waals surface area contributed by atoms with Gasteiger partial charge in [0.2, 0.25) is 10.0 Å². The third kappa shape index (κ3) is 5.48. The minimum atomic E-state index is -3.10. The van der Waals surface area contributed by atoms with Crippen LogP contribution in [0, 0.1) is 0 Å². The van der Waals surface area contributed by atoms with Gasteiger partial charge in [0, 0.05) is 12.1 Å². The molecule has 0 radical (unpaired) electrons.